The van der Waals surface area contributed by atoms with Gasteiger partial charge in [0, 0.05) is 0 Å². The van der Waals surface area contributed by atoms with E-state index >= 15 is 0 Å². The van der Waals surface area contributed by atoms with Crippen LogP contribution in [0.2, 0.25) is 0 Å². The molecule has 0 radical (unpaired) electrons. The number of ether oxygens (including phenoxy) is 1. The molecule has 0 aliphatic rings. The third-order valence-corrected chi connectivity index (χ3v) is 2.91. The Kier molecular flexibility index (Phi) is 7.02. The molecule has 0 spiro atoms. The fourth-order valence-corrected chi connectivity index (χ4v) is 1.50. The first-order valence-corrected chi connectivity index (χ1v) is 7.16. The van der Waals surface area contributed by atoms with Gasteiger partial charge in [-0.3, -0.25) is 4.79 Å². The molecule has 8 heteroatoms. The zero-order valence-corrected chi connectivity index (χ0v) is 12.5. The van der Waals surface area contributed by atoms with Crippen molar-refractivity contribution in [1.29, 1.82) is 0 Å². The first-order chi connectivity index (χ1) is 8.07. The number of phosphoric acid groups is 1. The predicted molar refractivity (Wildman–Crippen MR) is 65.3 cm³/mol. The van der Waals surface area contributed by atoms with E-state index in [0.717, 1.165) is 0 Å². The van der Waals surface area contributed by atoms with Crippen molar-refractivity contribution in [2.45, 2.75) is 20.3 Å². The van der Waals surface area contributed by atoms with Crippen LogP contribution in [0, 0.1) is 5.92 Å². The third kappa shape index (κ3) is 8.60. The highest BCUT2D eigenvalue weighted by Gasteiger charge is 2.25. The molecule has 0 aromatic heterocycles. The Morgan fingerprint density at radius 2 is 1.89 bits per heavy atom. The molecule has 0 aliphatic carbocycles. The van der Waals surface area contributed by atoms with Crippen LogP contribution in [0.25, 0.3) is 0 Å². The van der Waals surface area contributed by atoms with E-state index in [1.807, 2.05) is 6.92 Å². The topological polar surface area (TPSA) is 82.1 Å². The average Bonchev–Trinajstić information content (AvgIpc) is 2.24. The second-order valence-electron chi connectivity index (χ2n) is 5.04. The quantitative estimate of drug-likeness (QED) is 0.313. The van der Waals surface area contributed by atoms with Gasteiger partial charge >= 0.3 is 13.8 Å². The Balaban J connectivity index is 3.98. The Hall–Kier alpha value is -0.460. The first kappa shape index (κ1) is 17.5. The second kappa shape index (κ2) is 7.21. The van der Waals surface area contributed by atoms with Crippen molar-refractivity contribution >= 4 is 13.8 Å². The minimum absolute atomic E-state index is 0.00703. The number of hydrogen-bond acceptors (Lipinski definition) is 5. The van der Waals surface area contributed by atoms with Crippen LogP contribution in [0.15, 0.2) is 0 Å². The standard InChI is InChI=1S/C10H22NO6P/c1-6-9(2)10(12)15-8-17-18(13,14)16-7-11(3,4)5/h9H,6-8H2,1-5H3/p+1. The second-order valence-corrected chi connectivity index (χ2v) is 6.49. The van der Waals surface area contributed by atoms with E-state index in [4.69, 9.17) is 4.52 Å². The van der Waals surface area contributed by atoms with Crippen LogP contribution in [0.3, 0.4) is 0 Å². The van der Waals surface area contributed by atoms with E-state index in [9.17, 15) is 14.3 Å². The van der Waals surface area contributed by atoms with Crippen molar-refractivity contribution in [2.75, 3.05) is 34.7 Å². The summed E-state index contributed by atoms with van der Waals surface area (Å²) in [6.07, 6.45) is 0.633. The van der Waals surface area contributed by atoms with Gasteiger partial charge in [0.2, 0.25) is 6.79 Å². The molecule has 0 rings (SSSR count). The van der Waals surface area contributed by atoms with Crippen LogP contribution >= 0.6 is 7.82 Å². The molecule has 0 saturated heterocycles. The van der Waals surface area contributed by atoms with Crippen molar-refractivity contribution in [3.8, 4) is 0 Å². The molecule has 0 saturated carbocycles. The van der Waals surface area contributed by atoms with E-state index in [2.05, 4.69) is 9.26 Å². The maximum atomic E-state index is 11.4. The molecule has 0 aromatic rings. The summed E-state index contributed by atoms with van der Waals surface area (Å²) in [6.45, 7) is 2.96. The highest BCUT2D eigenvalue weighted by molar-refractivity contribution is 7.47. The largest absolute Gasteiger partial charge is 0.479 e. The zero-order chi connectivity index (χ0) is 14.4. The molecule has 0 fully saturated rings. The molecule has 18 heavy (non-hydrogen) atoms. The highest BCUT2D eigenvalue weighted by atomic mass is 31.2. The fraction of sp³-hybridized carbons (Fsp3) is 0.900. The minimum atomic E-state index is -4.18. The van der Waals surface area contributed by atoms with Gasteiger partial charge in [0.25, 0.3) is 0 Å². The van der Waals surface area contributed by atoms with Crippen molar-refractivity contribution in [2.24, 2.45) is 5.92 Å². The van der Waals surface area contributed by atoms with Gasteiger partial charge in [-0.1, -0.05) is 13.8 Å². The Morgan fingerprint density at radius 1 is 1.33 bits per heavy atom. The van der Waals surface area contributed by atoms with Crippen molar-refractivity contribution in [3.63, 3.8) is 0 Å². The Labute approximate surface area is 108 Å². The summed E-state index contributed by atoms with van der Waals surface area (Å²) in [5, 5.41) is 0. The van der Waals surface area contributed by atoms with Gasteiger partial charge in [-0.2, -0.15) is 0 Å². The number of quaternary nitrogens is 1. The molecule has 7 nitrogen and oxygen atoms in total. The average molecular weight is 284 g/mol. The number of carbonyl (C=O) groups excluding carboxylic acids is 1. The monoisotopic (exact) mass is 284 g/mol. The lowest BCUT2D eigenvalue weighted by Crippen LogP contribution is -2.36. The Morgan fingerprint density at radius 3 is 2.33 bits per heavy atom. The molecular formula is C10H23NO6P+. The normalized spacial score (nSPS) is 17.0. The molecule has 0 amide bonds. The fourth-order valence-electron chi connectivity index (χ4n) is 0.743. The predicted octanol–water partition coefficient (Wildman–Crippen LogP) is 1.33. The first-order valence-electron chi connectivity index (χ1n) is 5.66. The number of esters is 1. The van der Waals surface area contributed by atoms with Crippen LogP contribution in [-0.2, 0) is 23.1 Å². The lowest BCUT2D eigenvalue weighted by molar-refractivity contribution is -0.887. The lowest BCUT2D eigenvalue weighted by atomic mass is 10.1. The van der Waals surface area contributed by atoms with E-state index in [-0.39, 0.29) is 12.6 Å². The van der Waals surface area contributed by atoms with E-state index < -0.39 is 20.6 Å². The molecular weight excluding hydrogens is 261 g/mol. The van der Waals surface area contributed by atoms with Gasteiger partial charge in [-0.05, 0) is 6.42 Å². The molecule has 0 aliphatic heterocycles. The summed E-state index contributed by atoms with van der Waals surface area (Å²) >= 11 is 0. The van der Waals surface area contributed by atoms with Crippen LogP contribution in [0.5, 0.6) is 0 Å². The number of carbonyl (C=O) groups is 1. The molecule has 2 unspecified atom stereocenters. The highest BCUT2D eigenvalue weighted by Crippen LogP contribution is 2.43. The van der Waals surface area contributed by atoms with Crippen LogP contribution in [0.1, 0.15) is 20.3 Å². The van der Waals surface area contributed by atoms with Crippen LogP contribution in [0.4, 0.5) is 0 Å². The summed E-state index contributed by atoms with van der Waals surface area (Å²) in [7, 11) is 1.21. The molecule has 0 heterocycles. The molecule has 108 valence electrons. The lowest BCUT2D eigenvalue weighted by Gasteiger charge is -2.24. The number of nitrogens with zero attached hydrogens (tertiary/aromatic N) is 1. The summed E-state index contributed by atoms with van der Waals surface area (Å²) in [5.74, 6) is -0.733. The van der Waals surface area contributed by atoms with E-state index in [1.165, 1.54) is 0 Å². The Bertz CT molecular complexity index is 314. The smallest absolute Gasteiger partial charge is 0.438 e. The number of phosphoric ester groups is 1. The van der Waals surface area contributed by atoms with Crippen molar-refractivity contribution in [1.82, 2.24) is 0 Å². The molecule has 0 aromatic carbocycles. The van der Waals surface area contributed by atoms with Gasteiger partial charge in [0.1, 0.15) is 0 Å². The van der Waals surface area contributed by atoms with Gasteiger partial charge in [0.15, 0.2) is 6.73 Å². The van der Waals surface area contributed by atoms with Gasteiger partial charge in [-0.25, -0.2) is 13.6 Å². The van der Waals surface area contributed by atoms with Gasteiger partial charge in [0.05, 0.1) is 27.1 Å². The van der Waals surface area contributed by atoms with E-state index in [0.29, 0.717) is 10.9 Å². The van der Waals surface area contributed by atoms with E-state index in [1.54, 1.807) is 28.1 Å². The third-order valence-electron chi connectivity index (χ3n) is 2.04. The van der Waals surface area contributed by atoms with Crippen molar-refractivity contribution in [3.05, 3.63) is 0 Å². The summed E-state index contributed by atoms with van der Waals surface area (Å²) < 4.78 is 25.7. The maximum absolute atomic E-state index is 11.4. The SMILES string of the molecule is CCC(C)C(=O)OCOP(=O)(O)OC[N+](C)(C)C. The van der Waals surface area contributed by atoms with Crippen molar-refractivity contribution < 1.29 is 32.5 Å². The minimum Gasteiger partial charge on any atom is -0.438 e. The molecule has 2 atom stereocenters. The molecule has 0 bridgehead atoms. The van der Waals surface area contributed by atoms with Crippen LogP contribution < -0.4 is 0 Å². The zero-order valence-electron chi connectivity index (χ0n) is 11.6. The van der Waals surface area contributed by atoms with Crippen LogP contribution in [-0.4, -0.2) is 50.0 Å². The maximum Gasteiger partial charge on any atom is 0.479 e. The van der Waals surface area contributed by atoms with Gasteiger partial charge in [-0.15, -0.1) is 0 Å². The summed E-state index contributed by atoms with van der Waals surface area (Å²) in [5.41, 5.74) is 0. The summed E-state index contributed by atoms with van der Waals surface area (Å²) in [4.78, 5) is 20.6. The molecule has 1 N–H and O–H groups in total. The number of rotatable bonds is 8. The van der Waals surface area contributed by atoms with Gasteiger partial charge < -0.3 is 14.1 Å². The number of hydrogen-bond donors (Lipinski definition) is 1. The summed E-state index contributed by atoms with van der Waals surface area (Å²) in [6, 6.07) is 0.